The number of carbonyl (C=O) groups is 2. The molecule has 8 heteroatoms. The molecule has 0 radical (unpaired) electrons. The smallest absolute Gasteiger partial charge is 0.331 e. The maximum absolute atomic E-state index is 11.9. The van der Waals surface area contributed by atoms with Crippen molar-refractivity contribution in [2.45, 2.75) is 6.61 Å². The van der Waals surface area contributed by atoms with Crippen molar-refractivity contribution in [3.8, 4) is 5.75 Å². The number of benzene rings is 3. The molecule has 0 aromatic heterocycles. The van der Waals surface area contributed by atoms with Crippen LogP contribution in [0.5, 0.6) is 5.75 Å². The Balaban J connectivity index is 1.44. The molecule has 0 saturated heterocycles. The topological polar surface area (TPSA) is 64.6 Å². The van der Waals surface area contributed by atoms with Crippen molar-refractivity contribution < 1.29 is 19.1 Å². The first-order valence-corrected chi connectivity index (χ1v) is 10.6. The minimum atomic E-state index is -0.645. The highest BCUT2D eigenvalue weighted by Gasteiger charge is 2.07. The SMILES string of the molecule is O=C(COC(=O)/C=C/c1ccc(OCc2ccccc2Cl)cc1)Nc1ccc(Cl)c(Cl)c1. The summed E-state index contributed by atoms with van der Waals surface area (Å²) in [5.41, 5.74) is 2.12. The molecule has 0 bridgehead atoms. The molecule has 0 aliphatic rings. The Labute approximate surface area is 200 Å². The highest BCUT2D eigenvalue weighted by molar-refractivity contribution is 6.42. The number of esters is 1. The van der Waals surface area contributed by atoms with Crippen LogP contribution in [0.2, 0.25) is 15.1 Å². The van der Waals surface area contributed by atoms with Crippen molar-refractivity contribution in [1.82, 2.24) is 0 Å². The van der Waals surface area contributed by atoms with Gasteiger partial charge in [-0.15, -0.1) is 0 Å². The summed E-state index contributed by atoms with van der Waals surface area (Å²) < 4.78 is 10.7. The van der Waals surface area contributed by atoms with Gasteiger partial charge in [0.1, 0.15) is 12.4 Å². The molecule has 3 aromatic carbocycles. The highest BCUT2D eigenvalue weighted by Crippen LogP contribution is 2.25. The quantitative estimate of drug-likeness (QED) is 0.292. The van der Waals surface area contributed by atoms with Crippen molar-refractivity contribution in [1.29, 1.82) is 0 Å². The van der Waals surface area contributed by atoms with Gasteiger partial charge in [0.05, 0.1) is 10.0 Å². The second-order valence-corrected chi connectivity index (χ2v) is 7.79. The number of nitrogens with one attached hydrogen (secondary N) is 1. The molecule has 0 fully saturated rings. The minimum Gasteiger partial charge on any atom is -0.489 e. The van der Waals surface area contributed by atoms with Crippen LogP contribution in [0.4, 0.5) is 5.69 Å². The molecule has 5 nitrogen and oxygen atoms in total. The highest BCUT2D eigenvalue weighted by atomic mass is 35.5. The molecule has 0 saturated carbocycles. The molecular weight excluding hydrogens is 473 g/mol. The molecule has 1 amide bonds. The maximum Gasteiger partial charge on any atom is 0.331 e. The van der Waals surface area contributed by atoms with Crippen LogP contribution in [0.1, 0.15) is 11.1 Å². The number of carbonyl (C=O) groups excluding carboxylic acids is 2. The first-order chi connectivity index (χ1) is 15.4. The van der Waals surface area contributed by atoms with E-state index < -0.39 is 18.5 Å². The van der Waals surface area contributed by atoms with E-state index in [2.05, 4.69) is 5.32 Å². The van der Waals surface area contributed by atoms with Gasteiger partial charge in [0.15, 0.2) is 6.61 Å². The largest absolute Gasteiger partial charge is 0.489 e. The molecular formula is C24H18Cl3NO4. The Morgan fingerprint density at radius 2 is 1.62 bits per heavy atom. The molecule has 0 unspecified atom stereocenters. The lowest BCUT2D eigenvalue weighted by molar-refractivity contribution is -0.142. The van der Waals surface area contributed by atoms with E-state index >= 15 is 0 Å². The number of hydrogen-bond acceptors (Lipinski definition) is 4. The molecule has 0 aliphatic carbocycles. The molecule has 1 N–H and O–H groups in total. The van der Waals surface area contributed by atoms with Crippen LogP contribution in [0.25, 0.3) is 6.08 Å². The van der Waals surface area contributed by atoms with Gasteiger partial charge in [-0.05, 0) is 48.0 Å². The van der Waals surface area contributed by atoms with E-state index in [1.165, 1.54) is 12.1 Å². The summed E-state index contributed by atoms with van der Waals surface area (Å²) in [6.45, 7) is -0.0796. The van der Waals surface area contributed by atoms with Crippen LogP contribution in [0.3, 0.4) is 0 Å². The fraction of sp³-hybridized carbons (Fsp3) is 0.0833. The lowest BCUT2D eigenvalue weighted by atomic mass is 10.2. The van der Waals surface area contributed by atoms with E-state index in [9.17, 15) is 9.59 Å². The van der Waals surface area contributed by atoms with Crippen LogP contribution in [-0.2, 0) is 20.9 Å². The zero-order chi connectivity index (χ0) is 22.9. The van der Waals surface area contributed by atoms with Gasteiger partial charge in [-0.25, -0.2) is 4.79 Å². The van der Waals surface area contributed by atoms with Crippen LogP contribution >= 0.6 is 34.8 Å². The molecule has 0 heterocycles. The van der Waals surface area contributed by atoms with Gasteiger partial charge in [-0.1, -0.05) is 65.1 Å². The van der Waals surface area contributed by atoms with Crippen LogP contribution in [0.15, 0.2) is 72.8 Å². The average Bonchev–Trinajstić information content (AvgIpc) is 2.79. The Kier molecular flexibility index (Phi) is 8.56. The molecule has 0 atom stereocenters. The summed E-state index contributed by atoms with van der Waals surface area (Å²) >= 11 is 17.8. The predicted molar refractivity (Wildman–Crippen MR) is 127 cm³/mol. The molecule has 3 rings (SSSR count). The molecule has 32 heavy (non-hydrogen) atoms. The number of halogens is 3. The van der Waals surface area contributed by atoms with Gasteiger partial charge in [0, 0.05) is 22.3 Å². The average molecular weight is 491 g/mol. The summed E-state index contributed by atoms with van der Waals surface area (Å²) in [7, 11) is 0. The zero-order valence-corrected chi connectivity index (χ0v) is 19.0. The first kappa shape index (κ1) is 23.7. The van der Waals surface area contributed by atoms with Crippen LogP contribution in [-0.4, -0.2) is 18.5 Å². The number of hydrogen-bond donors (Lipinski definition) is 1. The van der Waals surface area contributed by atoms with Crippen molar-refractivity contribution in [3.05, 3.63) is 99.0 Å². The van der Waals surface area contributed by atoms with Crippen molar-refractivity contribution in [3.63, 3.8) is 0 Å². The fourth-order valence-electron chi connectivity index (χ4n) is 2.57. The van der Waals surface area contributed by atoms with Crippen LogP contribution in [0, 0.1) is 0 Å². The monoisotopic (exact) mass is 489 g/mol. The van der Waals surface area contributed by atoms with Crippen molar-refractivity contribution in [2.75, 3.05) is 11.9 Å². The lowest BCUT2D eigenvalue weighted by Gasteiger charge is -2.08. The Morgan fingerprint density at radius 3 is 2.34 bits per heavy atom. The lowest BCUT2D eigenvalue weighted by Crippen LogP contribution is -2.20. The predicted octanol–water partition coefficient (Wildman–Crippen LogP) is 6.42. The Morgan fingerprint density at radius 1 is 0.875 bits per heavy atom. The van der Waals surface area contributed by atoms with E-state index in [1.54, 1.807) is 42.5 Å². The normalized spacial score (nSPS) is 10.7. The van der Waals surface area contributed by atoms with E-state index in [0.29, 0.717) is 33.1 Å². The zero-order valence-electron chi connectivity index (χ0n) is 16.7. The Hall–Kier alpha value is -2.99. The van der Waals surface area contributed by atoms with Gasteiger partial charge < -0.3 is 14.8 Å². The second-order valence-electron chi connectivity index (χ2n) is 6.57. The first-order valence-electron chi connectivity index (χ1n) is 9.47. The Bertz CT molecular complexity index is 1130. The third kappa shape index (κ3) is 7.31. The van der Waals surface area contributed by atoms with Gasteiger partial charge in [-0.3, -0.25) is 4.79 Å². The van der Waals surface area contributed by atoms with Gasteiger partial charge in [-0.2, -0.15) is 0 Å². The van der Waals surface area contributed by atoms with Gasteiger partial charge in [0.2, 0.25) is 0 Å². The van der Waals surface area contributed by atoms with E-state index in [4.69, 9.17) is 44.3 Å². The molecule has 164 valence electrons. The summed E-state index contributed by atoms with van der Waals surface area (Å²) in [6.07, 6.45) is 2.82. The molecule has 3 aromatic rings. The summed E-state index contributed by atoms with van der Waals surface area (Å²) in [5, 5.41) is 3.90. The number of amides is 1. The van der Waals surface area contributed by atoms with Gasteiger partial charge in [0.25, 0.3) is 5.91 Å². The molecule has 0 aliphatic heterocycles. The molecule has 0 spiro atoms. The summed E-state index contributed by atoms with van der Waals surface area (Å²) in [5.74, 6) is -0.470. The second kappa shape index (κ2) is 11.6. The minimum absolute atomic E-state index is 0.310. The van der Waals surface area contributed by atoms with Gasteiger partial charge >= 0.3 is 5.97 Å². The maximum atomic E-state index is 11.9. The van der Waals surface area contributed by atoms with E-state index in [0.717, 1.165) is 11.1 Å². The third-order valence-electron chi connectivity index (χ3n) is 4.19. The summed E-state index contributed by atoms with van der Waals surface area (Å²) in [4.78, 5) is 23.8. The number of rotatable bonds is 8. The van der Waals surface area contributed by atoms with Crippen molar-refractivity contribution in [2.24, 2.45) is 0 Å². The standard InChI is InChI=1S/C24H18Cl3NO4/c25-20-4-2-1-3-17(20)14-31-19-9-5-16(6-10-19)7-12-24(30)32-15-23(29)28-18-8-11-21(26)22(27)13-18/h1-13H,14-15H2,(H,28,29)/b12-7+. The fourth-order valence-corrected chi connectivity index (χ4v) is 3.06. The van der Waals surface area contributed by atoms with E-state index in [-0.39, 0.29) is 0 Å². The number of ether oxygens (including phenoxy) is 2. The summed E-state index contributed by atoms with van der Waals surface area (Å²) in [6, 6.07) is 19.3. The van der Waals surface area contributed by atoms with Crippen molar-refractivity contribution >= 4 is 58.4 Å². The van der Waals surface area contributed by atoms with E-state index in [1.807, 2.05) is 24.3 Å². The van der Waals surface area contributed by atoms with Crippen LogP contribution < -0.4 is 10.1 Å². The number of anilines is 1. The third-order valence-corrected chi connectivity index (χ3v) is 5.30.